The molecular weight excluding hydrogens is 378 g/mol. The van der Waals surface area contributed by atoms with Gasteiger partial charge in [0.15, 0.2) is 0 Å². The molecule has 0 aliphatic heterocycles. The van der Waals surface area contributed by atoms with Crippen LogP contribution in [0.1, 0.15) is 16.5 Å². The molecule has 5 heteroatoms. The number of benzene rings is 1. The van der Waals surface area contributed by atoms with Crippen molar-refractivity contribution in [1.29, 1.82) is 0 Å². The first-order chi connectivity index (χ1) is 8.60. The van der Waals surface area contributed by atoms with Gasteiger partial charge >= 0.3 is 0 Å². The number of hydrogen-bond donors (Lipinski definition) is 1. The highest BCUT2D eigenvalue weighted by Gasteiger charge is 2.13. The maximum Gasteiger partial charge on any atom is 0.122 e. The molecular formula is C13H13Br2NOS. The van der Waals surface area contributed by atoms with E-state index in [2.05, 4.69) is 44.0 Å². The van der Waals surface area contributed by atoms with Gasteiger partial charge in [-0.3, -0.25) is 0 Å². The van der Waals surface area contributed by atoms with Crippen LogP contribution in [-0.2, 0) is 6.42 Å². The minimum absolute atomic E-state index is 0.00972. The molecule has 1 unspecified atom stereocenters. The molecule has 2 nitrogen and oxygen atoms in total. The van der Waals surface area contributed by atoms with E-state index in [1.54, 1.807) is 18.4 Å². The van der Waals surface area contributed by atoms with Crippen molar-refractivity contribution < 1.29 is 4.74 Å². The molecule has 0 fully saturated rings. The molecule has 0 spiro atoms. The average Bonchev–Trinajstić information content (AvgIpc) is 2.76. The van der Waals surface area contributed by atoms with E-state index >= 15 is 0 Å². The van der Waals surface area contributed by atoms with E-state index in [9.17, 15) is 0 Å². The largest absolute Gasteiger partial charge is 0.496 e. The van der Waals surface area contributed by atoms with Crippen molar-refractivity contribution in [2.75, 3.05) is 7.11 Å². The molecule has 1 atom stereocenters. The Balaban J connectivity index is 2.20. The number of halogens is 2. The topological polar surface area (TPSA) is 35.2 Å². The zero-order chi connectivity index (χ0) is 13.1. The van der Waals surface area contributed by atoms with Crippen molar-refractivity contribution in [3.05, 3.63) is 49.0 Å². The van der Waals surface area contributed by atoms with Gasteiger partial charge in [0.25, 0.3) is 0 Å². The summed E-state index contributed by atoms with van der Waals surface area (Å²) in [6, 6.07) is 10.1. The van der Waals surface area contributed by atoms with Crippen LogP contribution in [0.15, 0.2) is 38.6 Å². The van der Waals surface area contributed by atoms with Crippen molar-refractivity contribution in [3.63, 3.8) is 0 Å². The van der Waals surface area contributed by atoms with E-state index in [0.717, 1.165) is 26.0 Å². The van der Waals surface area contributed by atoms with Gasteiger partial charge in [-0.05, 0) is 58.2 Å². The number of rotatable bonds is 4. The van der Waals surface area contributed by atoms with E-state index in [4.69, 9.17) is 10.5 Å². The molecule has 1 heterocycles. The highest BCUT2D eigenvalue weighted by atomic mass is 79.9. The Hall–Kier alpha value is -0.360. The molecule has 0 aliphatic rings. The minimum atomic E-state index is -0.00972. The fourth-order valence-electron chi connectivity index (χ4n) is 1.77. The second-order valence-electron chi connectivity index (χ2n) is 3.91. The average molecular weight is 391 g/mol. The van der Waals surface area contributed by atoms with Crippen molar-refractivity contribution in [1.82, 2.24) is 0 Å². The summed E-state index contributed by atoms with van der Waals surface area (Å²) >= 11 is 8.60. The van der Waals surface area contributed by atoms with Crippen LogP contribution in [0.2, 0.25) is 0 Å². The second kappa shape index (κ2) is 6.19. The highest BCUT2D eigenvalue weighted by Crippen LogP contribution is 2.31. The Kier molecular flexibility index (Phi) is 4.84. The van der Waals surface area contributed by atoms with Gasteiger partial charge in [0.05, 0.1) is 10.9 Å². The molecule has 2 rings (SSSR count). The summed E-state index contributed by atoms with van der Waals surface area (Å²) in [6.07, 6.45) is 0.759. The van der Waals surface area contributed by atoms with Crippen LogP contribution in [0.25, 0.3) is 0 Å². The third-order valence-corrected chi connectivity index (χ3v) is 4.89. The summed E-state index contributed by atoms with van der Waals surface area (Å²) in [4.78, 5) is 1.17. The van der Waals surface area contributed by atoms with Crippen LogP contribution in [0.4, 0.5) is 0 Å². The maximum atomic E-state index is 6.23. The van der Waals surface area contributed by atoms with Gasteiger partial charge in [-0.15, -0.1) is 11.3 Å². The minimum Gasteiger partial charge on any atom is -0.496 e. The Morgan fingerprint density at radius 2 is 2.06 bits per heavy atom. The van der Waals surface area contributed by atoms with Crippen LogP contribution in [0, 0.1) is 0 Å². The molecule has 1 aromatic heterocycles. The lowest BCUT2D eigenvalue weighted by Crippen LogP contribution is -2.12. The van der Waals surface area contributed by atoms with E-state index in [0.29, 0.717) is 0 Å². The Morgan fingerprint density at radius 3 is 2.67 bits per heavy atom. The number of nitrogens with two attached hydrogens (primary N) is 1. The fraction of sp³-hybridized carbons (Fsp3) is 0.231. The summed E-state index contributed by atoms with van der Waals surface area (Å²) in [6.45, 7) is 0. The summed E-state index contributed by atoms with van der Waals surface area (Å²) in [5.74, 6) is 0.879. The normalized spacial score (nSPS) is 12.4. The van der Waals surface area contributed by atoms with Crippen LogP contribution in [-0.4, -0.2) is 7.11 Å². The lowest BCUT2D eigenvalue weighted by atomic mass is 10.0. The van der Waals surface area contributed by atoms with Crippen LogP contribution in [0.5, 0.6) is 5.75 Å². The molecule has 1 aromatic carbocycles. The van der Waals surface area contributed by atoms with E-state index in [1.165, 1.54) is 4.88 Å². The third-order valence-electron chi connectivity index (χ3n) is 2.64. The van der Waals surface area contributed by atoms with Crippen molar-refractivity contribution in [2.24, 2.45) is 5.73 Å². The number of hydrogen-bond acceptors (Lipinski definition) is 3. The van der Waals surface area contributed by atoms with Crippen LogP contribution >= 0.6 is 43.2 Å². The molecule has 96 valence electrons. The van der Waals surface area contributed by atoms with Crippen LogP contribution < -0.4 is 10.5 Å². The van der Waals surface area contributed by atoms with E-state index in [-0.39, 0.29) is 6.04 Å². The molecule has 0 aliphatic carbocycles. The Labute approximate surface area is 127 Å². The van der Waals surface area contributed by atoms with Gasteiger partial charge < -0.3 is 10.5 Å². The Morgan fingerprint density at radius 1 is 1.28 bits per heavy atom. The molecule has 0 radical (unpaired) electrons. The lowest BCUT2D eigenvalue weighted by Gasteiger charge is -2.13. The number of thiophene rings is 1. The molecule has 2 aromatic rings. The first-order valence-electron chi connectivity index (χ1n) is 5.43. The van der Waals surface area contributed by atoms with E-state index in [1.807, 2.05) is 18.2 Å². The standard InChI is InChI=1S/C13H13Br2NOS/c1-17-11-3-2-9(14)6-8(11)7-10(16)12-4-5-13(15)18-12/h2-6,10H,7,16H2,1H3. The molecule has 0 saturated heterocycles. The summed E-state index contributed by atoms with van der Waals surface area (Å²) in [7, 11) is 1.68. The SMILES string of the molecule is COc1ccc(Br)cc1CC(N)c1ccc(Br)s1. The van der Waals surface area contributed by atoms with Gasteiger partial charge in [-0.1, -0.05) is 15.9 Å². The van der Waals surface area contributed by atoms with Crippen molar-refractivity contribution in [2.45, 2.75) is 12.5 Å². The zero-order valence-corrected chi connectivity index (χ0v) is 13.8. The summed E-state index contributed by atoms with van der Waals surface area (Å²) in [5, 5.41) is 0. The first kappa shape index (κ1) is 14.1. The van der Waals surface area contributed by atoms with Gasteiger partial charge in [0, 0.05) is 15.4 Å². The summed E-state index contributed by atoms with van der Waals surface area (Å²) < 4.78 is 7.51. The van der Waals surface area contributed by atoms with Gasteiger partial charge in [-0.2, -0.15) is 0 Å². The van der Waals surface area contributed by atoms with E-state index < -0.39 is 0 Å². The summed E-state index contributed by atoms with van der Waals surface area (Å²) in [5.41, 5.74) is 7.35. The molecule has 0 saturated carbocycles. The first-order valence-corrected chi connectivity index (χ1v) is 7.83. The Bertz CT molecular complexity index is 542. The van der Waals surface area contributed by atoms with Crippen LogP contribution in [0.3, 0.4) is 0 Å². The molecule has 18 heavy (non-hydrogen) atoms. The molecule has 0 bridgehead atoms. The predicted molar refractivity (Wildman–Crippen MR) is 83.3 cm³/mol. The lowest BCUT2D eigenvalue weighted by molar-refractivity contribution is 0.408. The van der Waals surface area contributed by atoms with Gasteiger partial charge in [-0.25, -0.2) is 0 Å². The van der Waals surface area contributed by atoms with Gasteiger partial charge in [0.2, 0.25) is 0 Å². The third kappa shape index (κ3) is 3.35. The molecule has 2 N–H and O–H groups in total. The smallest absolute Gasteiger partial charge is 0.122 e. The molecule has 0 amide bonds. The number of methoxy groups -OCH3 is 1. The zero-order valence-electron chi connectivity index (χ0n) is 9.82. The monoisotopic (exact) mass is 389 g/mol. The van der Waals surface area contributed by atoms with Crippen molar-refractivity contribution >= 4 is 43.2 Å². The van der Waals surface area contributed by atoms with Gasteiger partial charge in [0.1, 0.15) is 5.75 Å². The number of ether oxygens (including phenoxy) is 1. The quantitative estimate of drug-likeness (QED) is 0.832. The highest BCUT2D eigenvalue weighted by molar-refractivity contribution is 9.11. The van der Waals surface area contributed by atoms with Crippen molar-refractivity contribution in [3.8, 4) is 5.75 Å². The predicted octanol–water partition coefficient (Wildman–Crippen LogP) is 4.52. The maximum absolute atomic E-state index is 6.23. The second-order valence-corrected chi connectivity index (χ2v) is 7.32. The fourth-order valence-corrected chi connectivity index (χ4v) is 3.61.